The minimum Gasteiger partial charge on any atom is -0.356 e. The highest BCUT2D eigenvalue weighted by Gasteiger charge is 2.40. The molecule has 2 aliphatic carbocycles. The Kier molecular flexibility index (Phi) is 5.63. The SMILES string of the molecule is CC1(C)c2ccccc2-c2ccc(Nc3ccc(-c4ccc5c(c4)-c4c(c6ccccc6n4-c4ccccc4)C5(C)C)cc3)cc21. The number of para-hydroxylation sites is 2. The van der Waals surface area contributed by atoms with Crippen molar-refractivity contribution >= 4 is 22.3 Å². The summed E-state index contributed by atoms with van der Waals surface area (Å²) in [5.41, 5.74) is 17.9. The molecule has 0 saturated heterocycles. The van der Waals surface area contributed by atoms with Crippen LogP contribution in [0.15, 0.2) is 140 Å². The van der Waals surface area contributed by atoms with E-state index in [9.17, 15) is 0 Å². The van der Waals surface area contributed by atoms with E-state index in [0.717, 1.165) is 11.4 Å². The molecule has 1 N–H and O–H groups in total. The number of anilines is 2. The average Bonchev–Trinajstić information content (AvgIpc) is 3.63. The van der Waals surface area contributed by atoms with Gasteiger partial charge in [-0.25, -0.2) is 0 Å². The van der Waals surface area contributed by atoms with Gasteiger partial charge in [0.1, 0.15) is 0 Å². The highest BCUT2D eigenvalue weighted by atomic mass is 15.0. The topological polar surface area (TPSA) is 17.0 Å². The highest BCUT2D eigenvalue weighted by molar-refractivity contribution is 6.00. The van der Waals surface area contributed by atoms with Crippen LogP contribution in [-0.2, 0) is 10.8 Å². The lowest BCUT2D eigenvalue weighted by Crippen LogP contribution is -2.15. The van der Waals surface area contributed by atoms with Crippen molar-refractivity contribution in [2.45, 2.75) is 38.5 Å². The summed E-state index contributed by atoms with van der Waals surface area (Å²) in [6.07, 6.45) is 0. The van der Waals surface area contributed by atoms with Gasteiger partial charge in [0.25, 0.3) is 0 Å². The van der Waals surface area contributed by atoms with E-state index in [0.29, 0.717) is 0 Å². The van der Waals surface area contributed by atoms with Gasteiger partial charge < -0.3 is 9.88 Å². The van der Waals surface area contributed by atoms with E-state index in [4.69, 9.17) is 0 Å². The molecule has 6 aromatic carbocycles. The predicted molar refractivity (Wildman–Crippen MR) is 194 cm³/mol. The fraction of sp³-hybridized carbons (Fsp3) is 0.136. The average molecular weight is 593 g/mol. The van der Waals surface area contributed by atoms with Crippen molar-refractivity contribution < 1.29 is 0 Å². The van der Waals surface area contributed by atoms with Crippen LogP contribution < -0.4 is 5.32 Å². The third kappa shape index (κ3) is 3.77. The molecule has 0 amide bonds. The van der Waals surface area contributed by atoms with Gasteiger partial charge in [0, 0.05) is 38.8 Å². The first-order valence-corrected chi connectivity index (χ1v) is 16.3. The number of fused-ring (bicyclic) bond motifs is 8. The molecular formula is C44H36N2. The van der Waals surface area contributed by atoms with E-state index >= 15 is 0 Å². The van der Waals surface area contributed by atoms with Crippen molar-refractivity contribution in [1.29, 1.82) is 0 Å². The summed E-state index contributed by atoms with van der Waals surface area (Å²) in [6, 6.07) is 51.2. The lowest BCUT2D eigenvalue weighted by atomic mass is 9.81. The minimum absolute atomic E-state index is 0.0122. The molecule has 0 spiro atoms. The van der Waals surface area contributed by atoms with E-state index in [2.05, 4.69) is 177 Å². The molecule has 2 nitrogen and oxygen atoms in total. The lowest BCUT2D eigenvalue weighted by molar-refractivity contribution is 0.660. The number of nitrogens with one attached hydrogen (secondary N) is 1. The van der Waals surface area contributed by atoms with Gasteiger partial charge in [0.2, 0.25) is 0 Å². The van der Waals surface area contributed by atoms with Crippen molar-refractivity contribution in [3.8, 4) is 39.2 Å². The molecule has 1 heterocycles. The second-order valence-electron chi connectivity index (χ2n) is 13.9. The molecule has 0 atom stereocenters. The zero-order valence-corrected chi connectivity index (χ0v) is 26.7. The third-order valence-corrected chi connectivity index (χ3v) is 10.6. The maximum atomic E-state index is 3.68. The number of aromatic nitrogens is 1. The summed E-state index contributed by atoms with van der Waals surface area (Å²) in [6.45, 7) is 9.41. The summed E-state index contributed by atoms with van der Waals surface area (Å²) in [7, 11) is 0. The van der Waals surface area contributed by atoms with E-state index in [1.54, 1.807) is 0 Å². The smallest absolute Gasteiger partial charge is 0.0585 e. The minimum atomic E-state index is -0.0948. The first-order valence-electron chi connectivity index (χ1n) is 16.3. The van der Waals surface area contributed by atoms with Gasteiger partial charge in [-0.2, -0.15) is 0 Å². The Bertz CT molecular complexity index is 2320. The van der Waals surface area contributed by atoms with Gasteiger partial charge >= 0.3 is 0 Å². The molecule has 2 aliphatic rings. The Morgan fingerprint density at radius 2 is 1.13 bits per heavy atom. The van der Waals surface area contributed by atoms with E-state index in [1.165, 1.54) is 72.4 Å². The van der Waals surface area contributed by atoms with Gasteiger partial charge in [-0.05, 0) is 93.0 Å². The van der Waals surface area contributed by atoms with Gasteiger partial charge in [-0.3, -0.25) is 0 Å². The van der Waals surface area contributed by atoms with Crippen molar-refractivity contribution in [3.05, 3.63) is 162 Å². The fourth-order valence-electron chi connectivity index (χ4n) is 8.27. The standard InChI is InChI=1S/C44H36N2/c1-43(2)37-16-10-8-14-33(37)34-24-23-31(27-39(34)43)45-30-21-18-28(19-22-30)29-20-25-38-36(26-29)42-41(44(38,3)4)35-15-9-11-17-40(35)46(42)32-12-6-5-7-13-32/h5-27,45H,1-4H3. The fourth-order valence-corrected chi connectivity index (χ4v) is 8.27. The zero-order chi connectivity index (χ0) is 31.2. The maximum absolute atomic E-state index is 3.68. The summed E-state index contributed by atoms with van der Waals surface area (Å²) < 4.78 is 2.46. The van der Waals surface area contributed by atoms with Crippen LogP contribution in [0, 0.1) is 0 Å². The van der Waals surface area contributed by atoms with Crippen molar-refractivity contribution in [3.63, 3.8) is 0 Å². The Morgan fingerprint density at radius 3 is 1.96 bits per heavy atom. The molecule has 9 rings (SSSR count). The number of benzene rings is 6. The van der Waals surface area contributed by atoms with E-state index in [-0.39, 0.29) is 10.8 Å². The van der Waals surface area contributed by atoms with E-state index in [1.807, 2.05) is 0 Å². The van der Waals surface area contributed by atoms with Crippen LogP contribution in [0.4, 0.5) is 11.4 Å². The second kappa shape index (κ2) is 9.58. The van der Waals surface area contributed by atoms with Gasteiger partial charge in [0.15, 0.2) is 0 Å². The molecule has 1 aromatic heterocycles. The van der Waals surface area contributed by atoms with Gasteiger partial charge in [-0.15, -0.1) is 0 Å². The first-order chi connectivity index (χ1) is 22.3. The van der Waals surface area contributed by atoms with Crippen molar-refractivity contribution in [2.75, 3.05) is 5.32 Å². The predicted octanol–water partition coefficient (Wildman–Crippen LogP) is 11.7. The molecule has 0 aliphatic heterocycles. The summed E-state index contributed by atoms with van der Waals surface area (Å²) in [4.78, 5) is 0. The van der Waals surface area contributed by atoms with Crippen LogP contribution in [-0.4, -0.2) is 4.57 Å². The Balaban J connectivity index is 1.08. The normalized spacial score (nSPS) is 14.9. The molecule has 7 aromatic rings. The molecule has 0 fully saturated rings. The number of rotatable bonds is 4. The second-order valence-corrected chi connectivity index (χ2v) is 13.9. The van der Waals surface area contributed by atoms with Gasteiger partial charge in [0.05, 0.1) is 11.2 Å². The molecule has 0 radical (unpaired) electrons. The first kappa shape index (κ1) is 27.0. The monoisotopic (exact) mass is 592 g/mol. The maximum Gasteiger partial charge on any atom is 0.0585 e. The number of nitrogens with zero attached hydrogens (tertiary/aromatic N) is 1. The van der Waals surface area contributed by atoms with E-state index < -0.39 is 0 Å². The third-order valence-electron chi connectivity index (χ3n) is 10.6. The molecule has 0 bridgehead atoms. The van der Waals surface area contributed by atoms with Crippen LogP contribution in [0.3, 0.4) is 0 Å². The van der Waals surface area contributed by atoms with Crippen LogP contribution >= 0.6 is 0 Å². The molecule has 222 valence electrons. The van der Waals surface area contributed by atoms with Crippen LogP contribution in [0.25, 0.3) is 50.1 Å². The lowest BCUT2D eigenvalue weighted by Gasteiger charge is -2.22. The van der Waals surface area contributed by atoms with Crippen LogP contribution in [0.5, 0.6) is 0 Å². The molecule has 0 unspecified atom stereocenters. The van der Waals surface area contributed by atoms with Crippen molar-refractivity contribution in [1.82, 2.24) is 4.57 Å². The number of hydrogen-bond acceptors (Lipinski definition) is 1. The Labute approximate surface area is 271 Å². The molecule has 2 heteroatoms. The molecule has 46 heavy (non-hydrogen) atoms. The summed E-state index contributed by atoms with van der Waals surface area (Å²) >= 11 is 0. The Hall–Kier alpha value is -5.34. The summed E-state index contributed by atoms with van der Waals surface area (Å²) in [5, 5.41) is 5.01. The Morgan fingerprint density at radius 1 is 0.478 bits per heavy atom. The molecular weight excluding hydrogens is 556 g/mol. The largest absolute Gasteiger partial charge is 0.356 e. The highest BCUT2D eigenvalue weighted by Crippen LogP contribution is 2.54. The van der Waals surface area contributed by atoms with Crippen LogP contribution in [0.2, 0.25) is 0 Å². The number of hydrogen-bond donors (Lipinski definition) is 1. The molecule has 0 saturated carbocycles. The summed E-state index contributed by atoms with van der Waals surface area (Å²) in [5.74, 6) is 0. The van der Waals surface area contributed by atoms with Gasteiger partial charge in [-0.1, -0.05) is 119 Å². The van der Waals surface area contributed by atoms with Crippen molar-refractivity contribution in [2.24, 2.45) is 0 Å². The quantitative estimate of drug-likeness (QED) is 0.215. The zero-order valence-electron chi connectivity index (χ0n) is 26.7. The van der Waals surface area contributed by atoms with Crippen LogP contribution in [0.1, 0.15) is 49.9 Å².